The molecule has 1 aliphatic heterocycles. The molecule has 0 radical (unpaired) electrons. The monoisotopic (exact) mass is 236 g/mol. The van der Waals surface area contributed by atoms with Crippen LogP contribution in [0.25, 0.3) is 11.6 Å². The average molecular weight is 236 g/mol. The van der Waals surface area contributed by atoms with Crippen molar-refractivity contribution in [2.24, 2.45) is 0 Å². The summed E-state index contributed by atoms with van der Waals surface area (Å²) in [5, 5.41) is 11.0. The number of rotatable bonds is 2. The number of hydrogen-bond donors (Lipinski definition) is 1. The van der Waals surface area contributed by atoms with Gasteiger partial charge in [0.05, 0.1) is 19.3 Å². The van der Waals surface area contributed by atoms with Crippen molar-refractivity contribution in [2.75, 3.05) is 19.8 Å². The summed E-state index contributed by atoms with van der Waals surface area (Å²) in [6.07, 6.45) is 0. The van der Waals surface area contributed by atoms with E-state index in [9.17, 15) is 0 Å². The van der Waals surface area contributed by atoms with Crippen molar-refractivity contribution in [2.45, 2.75) is 13.0 Å². The maximum absolute atomic E-state index is 5.34. The Labute approximate surface area is 97.1 Å². The summed E-state index contributed by atoms with van der Waals surface area (Å²) in [4.78, 5) is 4.27. The summed E-state index contributed by atoms with van der Waals surface area (Å²) in [5.41, 5.74) is 0.554. The van der Waals surface area contributed by atoms with Gasteiger partial charge in [-0.1, -0.05) is 10.3 Å². The van der Waals surface area contributed by atoms with Crippen LogP contribution in [-0.4, -0.2) is 35.1 Å². The normalized spacial score (nSPS) is 20.6. The second-order valence-corrected chi connectivity index (χ2v) is 3.86. The van der Waals surface area contributed by atoms with Crippen LogP contribution in [0.3, 0.4) is 0 Å². The van der Waals surface area contributed by atoms with Gasteiger partial charge in [0.25, 0.3) is 5.89 Å². The molecule has 7 nitrogen and oxygen atoms in total. The molecule has 1 saturated heterocycles. The van der Waals surface area contributed by atoms with Crippen LogP contribution in [0, 0.1) is 6.92 Å². The predicted octanol–water partition coefficient (Wildman–Crippen LogP) is 0.694. The Hall–Kier alpha value is -1.73. The van der Waals surface area contributed by atoms with Crippen LogP contribution in [0.4, 0.5) is 0 Å². The zero-order chi connectivity index (χ0) is 11.7. The molecular formula is C10H12N4O3. The highest BCUT2D eigenvalue weighted by Crippen LogP contribution is 2.19. The fourth-order valence-electron chi connectivity index (χ4n) is 1.68. The predicted molar refractivity (Wildman–Crippen MR) is 56.1 cm³/mol. The topological polar surface area (TPSA) is 86.2 Å². The molecule has 3 rings (SSSR count). The molecule has 3 heterocycles. The molecule has 0 aliphatic carbocycles. The van der Waals surface area contributed by atoms with Gasteiger partial charge in [0.2, 0.25) is 0 Å². The van der Waals surface area contributed by atoms with Crippen LogP contribution in [0.1, 0.15) is 17.6 Å². The van der Waals surface area contributed by atoms with Crippen LogP contribution in [0.15, 0.2) is 15.1 Å². The number of morpholine rings is 1. The lowest BCUT2D eigenvalue weighted by molar-refractivity contribution is 0.0734. The Morgan fingerprint density at radius 1 is 1.35 bits per heavy atom. The Morgan fingerprint density at radius 3 is 3.00 bits per heavy atom. The van der Waals surface area contributed by atoms with Gasteiger partial charge < -0.3 is 19.1 Å². The van der Waals surface area contributed by atoms with Gasteiger partial charge in [-0.15, -0.1) is 0 Å². The van der Waals surface area contributed by atoms with Gasteiger partial charge in [-0.2, -0.15) is 4.98 Å². The van der Waals surface area contributed by atoms with Crippen molar-refractivity contribution in [3.8, 4) is 11.6 Å². The van der Waals surface area contributed by atoms with Crippen molar-refractivity contribution in [3.63, 3.8) is 0 Å². The Balaban J connectivity index is 1.82. The minimum absolute atomic E-state index is 0.0192. The second kappa shape index (κ2) is 4.27. The summed E-state index contributed by atoms with van der Waals surface area (Å²) in [7, 11) is 0. The zero-order valence-electron chi connectivity index (χ0n) is 9.34. The van der Waals surface area contributed by atoms with E-state index in [1.165, 1.54) is 0 Å². The lowest BCUT2D eigenvalue weighted by atomic mass is 10.2. The van der Waals surface area contributed by atoms with Crippen LogP contribution in [-0.2, 0) is 4.74 Å². The summed E-state index contributed by atoms with van der Waals surface area (Å²) in [6.45, 7) is 3.86. The van der Waals surface area contributed by atoms with E-state index < -0.39 is 0 Å². The third-order valence-electron chi connectivity index (χ3n) is 2.52. The van der Waals surface area contributed by atoms with E-state index in [4.69, 9.17) is 13.8 Å². The molecule has 1 aliphatic rings. The highest BCUT2D eigenvalue weighted by molar-refractivity contribution is 5.45. The standard InChI is InChI=1S/C10H12N4O3/c1-6-4-7(13-16-6)10-12-9(14-17-10)8-5-15-3-2-11-8/h4,8,11H,2-3,5H2,1H3. The molecule has 0 amide bonds. The maximum atomic E-state index is 5.34. The van der Waals surface area contributed by atoms with E-state index in [2.05, 4.69) is 20.6 Å². The molecule has 1 N–H and O–H groups in total. The Kier molecular flexibility index (Phi) is 2.62. The summed E-state index contributed by atoms with van der Waals surface area (Å²) >= 11 is 0. The minimum atomic E-state index is -0.0192. The van der Waals surface area contributed by atoms with E-state index in [0.717, 1.165) is 6.54 Å². The molecule has 1 atom stereocenters. The van der Waals surface area contributed by atoms with Crippen molar-refractivity contribution in [3.05, 3.63) is 17.7 Å². The number of nitrogens with zero attached hydrogens (tertiary/aromatic N) is 3. The number of nitrogens with one attached hydrogen (secondary N) is 1. The Bertz CT molecular complexity index is 501. The summed E-state index contributed by atoms with van der Waals surface area (Å²) in [5.74, 6) is 1.66. The first-order valence-corrected chi connectivity index (χ1v) is 5.41. The highest BCUT2D eigenvalue weighted by atomic mass is 16.5. The molecule has 2 aromatic heterocycles. The number of ether oxygens (including phenoxy) is 1. The first-order chi connectivity index (χ1) is 8.33. The quantitative estimate of drug-likeness (QED) is 0.820. The lowest BCUT2D eigenvalue weighted by Crippen LogP contribution is -2.35. The molecule has 1 unspecified atom stereocenters. The molecule has 0 bridgehead atoms. The molecular weight excluding hydrogens is 224 g/mol. The van der Waals surface area contributed by atoms with Crippen LogP contribution >= 0.6 is 0 Å². The van der Waals surface area contributed by atoms with E-state index in [1.807, 2.05) is 6.92 Å². The third kappa shape index (κ3) is 2.06. The van der Waals surface area contributed by atoms with Gasteiger partial charge >= 0.3 is 0 Å². The smallest absolute Gasteiger partial charge is 0.280 e. The number of aromatic nitrogens is 3. The lowest BCUT2D eigenvalue weighted by Gasteiger charge is -2.20. The van der Waals surface area contributed by atoms with Crippen LogP contribution < -0.4 is 5.32 Å². The maximum Gasteiger partial charge on any atom is 0.280 e. The second-order valence-electron chi connectivity index (χ2n) is 3.86. The van der Waals surface area contributed by atoms with Gasteiger partial charge in [-0.3, -0.25) is 0 Å². The molecule has 2 aromatic rings. The fourth-order valence-corrected chi connectivity index (χ4v) is 1.68. The zero-order valence-corrected chi connectivity index (χ0v) is 9.34. The Morgan fingerprint density at radius 2 is 2.29 bits per heavy atom. The van der Waals surface area contributed by atoms with Gasteiger partial charge in [0.15, 0.2) is 11.5 Å². The van der Waals surface area contributed by atoms with Crippen molar-refractivity contribution >= 4 is 0 Å². The van der Waals surface area contributed by atoms with Gasteiger partial charge in [0, 0.05) is 12.6 Å². The van der Waals surface area contributed by atoms with Gasteiger partial charge in [0.1, 0.15) is 5.76 Å². The first-order valence-electron chi connectivity index (χ1n) is 5.41. The van der Waals surface area contributed by atoms with Gasteiger partial charge in [-0.25, -0.2) is 0 Å². The molecule has 0 saturated carbocycles. The first kappa shape index (κ1) is 10.4. The molecule has 0 aromatic carbocycles. The molecule has 90 valence electrons. The van der Waals surface area contributed by atoms with Crippen molar-refractivity contribution < 1.29 is 13.8 Å². The summed E-state index contributed by atoms with van der Waals surface area (Å²) < 4.78 is 15.4. The van der Waals surface area contributed by atoms with E-state index in [0.29, 0.717) is 36.4 Å². The molecule has 7 heteroatoms. The van der Waals surface area contributed by atoms with Crippen molar-refractivity contribution in [1.29, 1.82) is 0 Å². The average Bonchev–Trinajstić information content (AvgIpc) is 2.98. The third-order valence-corrected chi connectivity index (χ3v) is 2.52. The van der Waals surface area contributed by atoms with E-state index in [1.54, 1.807) is 6.07 Å². The molecule has 1 fully saturated rings. The SMILES string of the molecule is Cc1cc(-c2nc(C3COCCN3)no2)no1. The van der Waals surface area contributed by atoms with Crippen LogP contribution in [0.2, 0.25) is 0 Å². The molecule has 17 heavy (non-hydrogen) atoms. The van der Waals surface area contributed by atoms with Crippen molar-refractivity contribution in [1.82, 2.24) is 20.6 Å². The largest absolute Gasteiger partial charge is 0.378 e. The summed E-state index contributed by atoms with van der Waals surface area (Å²) in [6, 6.07) is 1.73. The number of hydrogen-bond acceptors (Lipinski definition) is 7. The van der Waals surface area contributed by atoms with Gasteiger partial charge in [-0.05, 0) is 6.92 Å². The highest BCUT2D eigenvalue weighted by Gasteiger charge is 2.22. The minimum Gasteiger partial charge on any atom is -0.378 e. The van der Waals surface area contributed by atoms with E-state index >= 15 is 0 Å². The molecule has 0 spiro atoms. The van der Waals surface area contributed by atoms with Crippen LogP contribution in [0.5, 0.6) is 0 Å². The number of aryl methyl sites for hydroxylation is 1. The van der Waals surface area contributed by atoms with E-state index in [-0.39, 0.29) is 6.04 Å². The fraction of sp³-hybridized carbons (Fsp3) is 0.500.